The Hall–Kier alpha value is -6.76. The third-order valence-electron chi connectivity index (χ3n) is 12.1. The molecule has 18 heteroatoms. The Labute approximate surface area is 399 Å². The van der Waals surface area contributed by atoms with Crippen molar-refractivity contribution >= 4 is 57.6 Å². The maximum absolute atomic E-state index is 13.2. The van der Waals surface area contributed by atoms with E-state index < -0.39 is 0 Å². The van der Waals surface area contributed by atoms with E-state index in [2.05, 4.69) is 25.1 Å². The molecule has 0 saturated heterocycles. The molecule has 9 rings (SSSR count). The Morgan fingerprint density at radius 2 is 1.64 bits per heavy atom. The number of carbonyl (C=O) groups excluding carboxylic acids is 2. The van der Waals surface area contributed by atoms with Gasteiger partial charge in [-0.05, 0) is 55.2 Å². The van der Waals surface area contributed by atoms with Gasteiger partial charge in [-0.3, -0.25) is 9.59 Å². The summed E-state index contributed by atoms with van der Waals surface area (Å²) in [5.74, 6) is 3.92. The summed E-state index contributed by atoms with van der Waals surface area (Å²) < 4.78 is 27.5. The van der Waals surface area contributed by atoms with Gasteiger partial charge in [0.2, 0.25) is 23.2 Å². The molecule has 0 unspecified atom stereocenters. The average molecular weight is 939 g/mol. The lowest BCUT2D eigenvalue weighted by atomic mass is 10.0. The molecule has 0 bridgehead atoms. The second-order valence-corrected chi connectivity index (χ2v) is 17.4. The summed E-state index contributed by atoms with van der Waals surface area (Å²) in [7, 11) is 5.42. The highest BCUT2D eigenvalue weighted by atomic mass is 32.1. The van der Waals surface area contributed by atoms with E-state index in [1.54, 1.807) is 29.0 Å². The molecule has 0 fully saturated rings. The second kappa shape index (κ2) is 20.4. The first kappa shape index (κ1) is 45.4. The summed E-state index contributed by atoms with van der Waals surface area (Å²) in [5.41, 5.74) is 3.38. The lowest BCUT2D eigenvalue weighted by Gasteiger charge is -2.22. The van der Waals surface area contributed by atoms with Gasteiger partial charge in [-0.2, -0.15) is 0 Å². The van der Waals surface area contributed by atoms with E-state index in [1.165, 1.54) is 0 Å². The molecule has 0 radical (unpaired) electrons. The number of anilines is 2. The molecule has 0 spiro atoms. The fourth-order valence-corrected chi connectivity index (χ4v) is 8.91. The van der Waals surface area contributed by atoms with Gasteiger partial charge in [-0.1, -0.05) is 85.5 Å². The van der Waals surface area contributed by atoms with E-state index in [0.717, 1.165) is 46.1 Å². The zero-order chi connectivity index (χ0) is 46.4. The van der Waals surface area contributed by atoms with E-state index in [9.17, 15) is 9.59 Å². The number of benzene rings is 2. The zero-order valence-electron chi connectivity index (χ0n) is 37.5. The maximum atomic E-state index is 13.2. The largest absolute Gasteiger partial charge is 0.496 e. The Balaban J connectivity index is 0.769. The van der Waals surface area contributed by atoms with E-state index in [1.807, 2.05) is 109 Å². The van der Waals surface area contributed by atoms with Crippen LogP contribution < -0.4 is 24.0 Å². The van der Waals surface area contributed by atoms with Gasteiger partial charge in [-0.15, -0.1) is 10.2 Å². The lowest BCUT2D eigenvalue weighted by molar-refractivity contribution is 0.0389. The zero-order valence-corrected chi connectivity index (χ0v) is 39.1. The predicted octanol–water partition coefficient (Wildman–Crippen LogP) is 7.71. The Kier molecular flexibility index (Phi) is 13.8. The number of thiocarbonyl (C=S) groups is 2. The quantitative estimate of drug-likeness (QED) is 0.0401. The van der Waals surface area contributed by atoms with Gasteiger partial charge < -0.3 is 28.7 Å². The van der Waals surface area contributed by atoms with Gasteiger partial charge in [0.05, 0.1) is 55.0 Å². The first-order valence-electron chi connectivity index (χ1n) is 22.3. The Bertz CT molecular complexity index is 2830. The number of unbranched alkanes of at least 4 members (excludes halogenated alkanes) is 1. The Morgan fingerprint density at radius 1 is 0.836 bits per heavy atom. The number of ether oxygens (including phenoxy) is 4. The van der Waals surface area contributed by atoms with Gasteiger partial charge >= 0.3 is 0 Å². The van der Waals surface area contributed by atoms with Gasteiger partial charge in [0, 0.05) is 50.2 Å². The minimum atomic E-state index is -0.357. The van der Waals surface area contributed by atoms with Crippen LogP contribution in [0.2, 0.25) is 0 Å². The van der Waals surface area contributed by atoms with Crippen molar-refractivity contribution in [3.05, 3.63) is 126 Å². The molecule has 7 heterocycles. The number of hydrogen-bond acceptors (Lipinski definition) is 14. The van der Waals surface area contributed by atoms with Crippen LogP contribution in [0.4, 0.5) is 11.6 Å². The highest BCUT2D eigenvalue weighted by Gasteiger charge is 2.30. The molecule has 16 nitrogen and oxygen atoms in total. The number of ketones is 2. The Morgan fingerprint density at radius 3 is 2.49 bits per heavy atom. The van der Waals surface area contributed by atoms with Crippen molar-refractivity contribution in [1.82, 2.24) is 39.5 Å². The van der Waals surface area contributed by atoms with Crippen molar-refractivity contribution in [1.29, 1.82) is 0 Å². The monoisotopic (exact) mass is 938 g/mol. The summed E-state index contributed by atoms with van der Waals surface area (Å²) in [5, 5.41) is 9.02. The molecule has 0 saturated carbocycles. The standard InChI is InChI=1S/C49H50N10O6S2/c1-56-45-39(18-11-23-50-45)64-28-34(48(56)66)14-7-9-16-37(60)43-51-30-58(54-43)27-33-20-19-32(26-41(33)62-3)36-21-22-40-46(52-36)57(2)49(67)35(29-65-40)15-8-10-17-38(61)44-53-47-42(31-12-5-4-6-13-31)63-25-24-59(47)55-44/h4-6,8,11-13,15,18-23,26,30,34-35,42H,7,9-10,14,16-17,24-25,27-29H2,1-3H3/b15-8+/t34-,35-,42-/m0/s1. The van der Waals surface area contributed by atoms with Gasteiger partial charge in [0.15, 0.2) is 29.0 Å². The SMILES string of the molecule is COc1cc(-c2ccc3c(n2)N(C)C(=S)[C@@H](/C=C/CCC(=O)c2nc4n(n2)CCO[C@H]4c2ccccc2)CO3)ccc1Cn1cnc(C(=O)CCCC[C@H]2COc3cccnc3N(C)C2=S)n1. The van der Waals surface area contributed by atoms with Crippen LogP contribution in [0.1, 0.15) is 82.8 Å². The number of allylic oxidation sites excluding steroid dienone is 1. The van der Waals surface area contributed by atoms with Crippen LogP contribution in [0.3, 0.4) is 0 Å². The van der Waals surface area contributed by atoms with Crippen LogP contribution >= 0.6 is 24.4 Å². The van der Waals surface area contributed by atoms with Crippen molar-refractivity contribution < 1.29 is 28.5 Å². The molecule has 344 valence electrons. The number of Topliss-reactive ketones (excluding diaryl/α,β-unsaturated/α-hetero) is 2. The van der Waals surface area contributed by atoms with Crippen molar-refractivity contribution in [2.75, 3.05) is 50.8 Å². The van der Waals surface area contributed by atoms with Crippen LogP contribution in [0.5, 0.6) is 17.2 Å². The third-order valence-corrected chi connectivity index (χ3v) is 13.3. The van der Waals surface area contributed by atoms with Crippen LogP contribution in [0.25, 0.3) is 11.3 Å². The molecule has 0 amide bonds. The number of pyridine rings is 2. The molecule has 4 aromatic heterocycles. The van der Waals surface area contributed by atoms with Crippen LogP contribution in [0, 0.1) is 11.8 Å². The highest BCUT2D eigenvalue weighted by molar-refractivity contribution is 7.80. The fraction of sp³-hybridized carbons (Fsp3) is 0.347. The summed E-state index contributed by atoms with van der Waals surface area (Å²) >= 11 is 11.7. The molecule has 3 atom stereocenters. The van der Waals surface area contributed by atoms with E-state index >= 15 is 0 Å². The third kappa shape index (κ3) is 10.0. The lowest BCUT2D eigenvalue weighted by Crippen LogP contribution is -2.32. The number of carbonyl (C=O) groups is 2. The molecule has 3 aliphatic heterocycles. The molecule has 0 N–H and O–H groups in total. The van der Waals surface area contributed by atoms with Gasteiger partial charge in [0.1, 0.15) is 24.8 Å². The first-order valence-corrected chi connectivity index (χ1v) is 23.1. The minimum Gasteiger partial charge on any atom is -0.496 e. The highest BCUT2D eigenvalue weighted by Crippen LogP contribution is 2.36. The summed E-state index contributed by atoms with van der Waals surface area (Å²) in [4.78, 5) is 49.9. The molecule has 67 heavy (non-hydrogen) atoms. The maximum Gasteiger partial charge on any atom is 0.217 e. The number of methoxy groups -OCH3 is 1. The van der Waals surface area contributed by atoms with Crippen LogP contribution in [-0.2, 0) is 17.8 Å². The van der Waals surface area contributed by atoms with E-state index in [0.29, 0.717) is 86.0 Å². The number of rotatable bonds is 16. The smallest absolute Gasteiger partial charge is 0.217 e. The molecule has 3 aliphatic rings. The molecule has 6 aromatic rings. The molecule has 0 aliphatic carbocycles. The topological polar surface area (TPSA) is 165 Å². The normalized spacial score (nSPS) is 18.0. The number of aromatic nitrogens is 8. The van der Waals surface area contributed by atoms with Crippen LogP contribution in [-0.4, -0.2) is 102 Å². The van der Waals surface area contributed by atoms with Crippen molar-refractivity contribution in [3.8, 4) is 28.5 Å². The minimum absolute atomic E-state index is 0.0485. The van der Waals surface area contributed by atoms with Gasteiger partial charge in [-0.25, -0.2) is 29.3 Å². The van der Waals surface area contributed by atoms with Gasteiger partial charge in [0.25, 0.3) is 0 Å². The first-order chi connectivity index (χ1) is 32.6. The average Bonchev–Trinajstić information content (AvgIpc) is 3.98. The fourth-order valence-electron chi connectivity index (χ4n) is 8.40. The van der Waals surface area contributed by atoms with E-state index in [4.69, 9.17) is 48.4 Å². The molecule has 2 aromatic carbocycles. The number of nitrogens with zero attached hydrogens (tertiary/aromatic N) is 10. The van der Waals surface area contributed by atoms with Crippen molar-refractivity contribution in [2.45, 2.75) is 57.7 Å². The predicted molar refractivity (Wildman–Crippen MR) is 259 cm³/mol. The van der Waals surface area contributed by atoms with E-state index in [-0.39, 0.29) is 47.6 Å². The summed E-state index contributed by atoms with van der Waals surface area (Å²) in [6.45, 7) is 2.20. The van der Waals surface area contributed by atoms with Crippen molar-refractivity contribution in [3.63, 3.8) is 0 Å². The molecular formula is C49H50N10O6S2. The summed E-state index contributed by atoms with van der Waals surface area (Å²) in [6.07, 6.45) is 10.3. The van der Waals surface area contributed by atoms with Crippen molar-refractivity contribution in [2.24, 2.45) is 11.8 Å². The van der Waals surface area contributed by atoms with Crippen LogP contribution in [0.15, 0.2) is 97.5 Å². The second-order valence-electron chi connectivity index (χ2n) is 16.6. The summed E-state index contributed by atoms with van der Waals surface area (Å²) in [6, 6.07) is 23.3. The molecular weight excluding hydrogens is 889 g/mol. The number of fused-ring (bicyclic) bond motifs is 3. The number of hydrogen-bond donors (Lipinski definition) is 0.